The van der Waals surface area contributed by atoms with Crippen LogP contribution in [0.15, 0.2) is 22.6 Å². The van der Waals surface area contributed by atoms with Crippen molar-refractivity contribution in [1.82, 2.24) is 4.98 Å². The van der Waals surface area contributed by atoms with Crippen LogP contribution >= 0.6 is 11.6 Å². The van der Waals surface area contributed by atoms with E-state index in [1.165, 1.54) is 12.3 Å². The molecule has 0 aliphatic carbocycles. The number of pyridine rings is 1. The van der Waals surface area contributed by atoms with Crippen LogP contribution in [0.5, 0.6) is 0 Å². The summed E-state index contributed by atoms with van der Waals surface area (Å²) in [6, 6.07) is 3.27. The summed E-state index contributed by atoms with van der Waals surface area (Å²) in [6.07, 6.45) is 1.29. The van der Waals surface area contributed by atoms with E-state index >= 15 is 0 Å². The minimum Gasteiger partial charge on any atom is -0.591 e. The molecule has 2 aromatic rings. The second-order valence-corrected chi connectivity index (χ2v) is 7.71. The molecule has 0 saturated carbocycles. The van der Waals surface area contributed by atoms with Crippen molar-refractivity contribution in [2.75, 3.05) is 0 Å². The van der Waals surface area contributed by atoms with Crippen molar-refractivity contribution in [2.24, 2.45) is 4.40 Å². The number of hydrogen-bond donors (Lipinski definition) is 0. The molecule has 1 atom stereocenters. The van der Waals surface area contributed by atoms with Crippen molar-refractivity contribution >= 4 is 40.1 Å². The zero-order valence-electron chi connectivity index (χ0n) is 11.7. The molecule has 1 aromatic heterocycles. The smallest absolute Gasteiger partial charge is 0.144 e. The molecule has 1 heterocycles. The van der Waals surface area contributed by atoms with Gasteiger partial charge in [-0.2, -0.15) is 0 Å². The van der Waals surface area contributed by atoms with E-state index in [0.29, 0.717) is 5.56 Å². The number of nitrogens with zero attached hydrogens (tertiary/aromatic N) is 2. The Morgan fingerprint density at radius 1 is 1.29 bits per heavy atom. The zero-order valence-corrected chi connectivity index (χ0v) is 13.2. The molecule has 7 heteroatoms. The molecular weight excluding hydrogens is 318 g/mol. The van der Waals surface area contributed by atoms with Gasteiger partial charge in [0.2, 0.25) is 0 Å². The van der Waals surface area contributed by atoms with Crippen molar-refractivity contribution in [3.8, 4) is 0 Å². The molecule has 0 bridgehead atoms. The lowest BCUT2D eigenvalue weighted by molar-refractivity contribution is 0.562. The van der Waals surface area contributed by atoms with Gasteiger partial charge in [-0.3, -0.25) is 0 Å². The molecule has 1 aromatic carbocycles. The maximum absolute atomic E-state index is 13.7. The molecule has 21 heavy (non-hydrogen) atoms. The average Bonchev–Trinajstić information content (AvgIpc) is 2.34. The number of halogens is 3. The molecule has 1 unspecified atom stereocenters. The van der Waals surface area contributed by atoms with E-state index in [0.717, 1.165) is 12.1 Å². The molecule has 0 aliphatic heterocycles. The van der Waals surface area contributed by atoms with Gasteiger partial charge in [0.1, 0.15) is 32.9 Å². The molecule has 0 saturated heterocycles. The first-order valence-corrected chi connectivity index (χ1v) is 7.58. The summed E-state index contributed by atoms with van der Waals surface area (Å²) in [6.45, 7) is 5.34. The SMILES string of the molecule is CC(C)(C)[S+]([O-])/N=C/c1cc2c(F)cc(F)cc2nc1Cl. The summed E-state index contributed by atoms with van der Waals surface area (Å²) in [5.41, 5.74) is 0.443. The van der Waals surface area contributed by atoms with E-state index in [2.05, 4.69) is 9.38 Å². The molecule has 0 fully saturated rings. The summed E-state index contributed by atoms with van der Waals surface area (Å²) < 4.78 is 42.1. The Hall–Kier alpha value is -1.24. The summed E-state index contributed by atoms with van der Waals surface area (Å²) in [5, 5.41) is 0.172. The van der Waals surface area contributed by atoms with Crippen molar-refractivity contribution in [1.29, 1.82) is 0 Å². The third-order valence-electron chi connectivity index (χ3n) is 2.64. The molecule has 0 N–H and O–H groups in total. The first-order chi connectivity index (χ1) is 9.68. The highest BCUT2D eigenvalue weighted by molar-refractivity contribution is 7.91. The Morgan fingerprint density at radius 2 is 1.95 bits per heavy atom. The van der Waals surface area contributed by atoms with Crippen LogP contribution in [0.2, 0.25) is 5.15 Å². The highest BCUT2D eigenvalue weighted by Gasteiger charge is 2.26. The van der Waals surface area contributed by atoms with Crippen molar-refractivity contribution in [3.05, 3.63) is 40.6 Å². The number of aromatic nitrogens is 1. The Labute approximate surface area is 129 Å². The first-order valence-electron chi connectivity index (χ1n) is 6.10. The maximum atomic E-state index is 13.7. The second-order valence-electron chi connectivity index (χ2n) is 5.42. The van der Waals surface area contributed by atoms with Gasteiger partial charge in [-0.1, -0.05) is 16.0 Å². The van der Waals surface area contributed by atoms with Gasteiger partial charge in [-0.15, -0.1) is 0 Å². The standard InChI is InChI=1S/C14H13ClF2N2OS/c1-14(2,3)21(20)18-7-8-4-10-11(17)5-9(16)6-12(10)19-13(8)15/h4-7H,1-3H3/b18-7+. The lowest BCUT2D eigenvalue weighted by atomic mass is 10.1. The highest BCUT2D eigenvalue weighted by Crippen LogP contribution is 2.24. The van der Waals surface area contributed by atoms with Gasteiger partial charge in [-0.05, 0) is 26.8 Å². The van der Waals surface area contributed by atoms with Gasteiger partial charge < -0.3 is 4.55 Å². The van der Waals surface area contributed by atoms with Gasteiger partial charge in [0, 0.05) is 23.1 Å². The normalized spacial score (nSPS) is 14.0. The summed E-state index contributed by atoms with van der Waals surface area (Å²) in [4.78, 5) is 3.93. The lowest BCUT2D eigenvalue weighted by Crippen LogP contribution is -2.25. The highest BCUT2D eigenvalue weighted by atomic mass is 35.5. The van der Waals surface area contributed by atoms with E-state index < -0.39 is 27.7 Å². The van der Waals surface area contributed by atoms with Gasteiger partial charge in [-0.25, -0.2) is 13.8 Å². The van der Waals surface area contributed by atoms with Crippen LogP contribution in [-0.2, 0) is 11.4 Å². The molecule has 2 rings (SSSR count). The second kappa shape index (κ2) is 5.87. The van der Waals surface area contributed by atoms with Gasteiger partial charge in [0.15, 0.2) is 0 Å². The van der Waals surface area contributed by atoms with Crippen LogP contribution in [0.3, 0.4) is 0 Å². The van der Waals surface area contributed by atoms with E-state index in [1.54, 1.807) is 20.8 Å². The Morgan fingerprint density at radius 3 is 2.57 bits per heavy atom. The van der Waals surface area contributed by atoms with Crippen LogP contribution in [0.1, 0.15) is 26.3 Å². The largest absolute Gasteiger partial charge is 0.591 e. The number of rotatable bonds is 2. The minimum absolute atomic E-state index is 0.0437. The molecular formula is C14H13ClF2N2OS. The topological polar surface area (TPSA) is 48.3 Å². The molecule has 0 radical (unpaired) electrons. The van der Waals surface area contributed by atoms with E-state index in [-0.39, 0.29) is 16.1 Å². The molecule has 0 aliphatic rings. The lowest BCUT2D eigenvalue weighted by Gasteiger charge is -2.17. The summed E-state index contributed by atoms with van der Waals surface area (Å²) >= 11 is 4.50. The Bertz CT molecular complexity index is 716. The third kappa shape index (κ3) is 3.70. The third-order valence-corrected chi connectivity index (χ3v) is 4.29. The molecule has 0 spiro atoms. The monoisotopic (exact) mass is 330 g/mol. The predicted octanol–water partition coefficient (Wildman–Crippen LogP) is 4.05. The quantitative estimate of drug-likeness (QED) is 0.474. The average molecular weight is 331 g/mol. The number of fused-ring (bicyclic) bond motifs is 1. The fraction of sp³-hybridized carbons (Fsp3) is 0.286. The summed E-state index contributed by atoms with van der Waals surface area (Å²) in [7, 11) is 0. The number of hydrogen-bond acceptors (Lipinski definition) is 3. The van der Waals surface area contributed by atoms with E-state index in [1.807, 2.05) is 0 Å². The van der Waals surface area contributed by atoms with Gasteiger partial charge >= 0.3 is 0 Å². The van der Waals surface area contributed by atoms with Crippen molar-refractivity contribution < 1.29 is 13.3 Å². The van der Waals surface area contributed by atoms with E-state index in [9.17, 15) is 13.3 Å². The molecule has 112 valence electrons. The van der Waals surface area contributed by atoms with Gasteiger partial charge in [0.05, 0.1) is 11.7 Å². The molecule has 0 amide bonds. The van der Waals surface area contributed by atoms with Crippen molar-refractivity contribution in [3.63, 3.8) is 0 Å². The van der Waals surface area contributed by atoms with Gasteiger partial charge in [0.25, 0.3) is 0 Å². The molecule has 3 nitrogen and oxygen atoms in total. The fourth-order valence-electron chi connectivity index (χ4n) is 1.55. The number of benzene rings is 1. The predicted molar refractivity (Wildman–Crippen MR) is 82.2 cm³/mol. The van der Waals surface area contributed by atoms with Crippen LogP contribution in [-0.4, -0.2) is 20.5 Å². The van der Waals surface area contributed by atoms with Crippen molar-refractivity contribution in [2.45, 2.75) is 25.5 Å². The van der Waals surface area contributed by atoms with E-state index in [4.69, 9.17) is 11.6 Å². The first kappa shape index (κ1) is 16.1. The Kier molecular flexibility index (Phi) is 4.51. The van der Waals surface area contributed by atoms with Crippen LogP contribution in [0.25, 0.3) is 10.9 Å². The Balaban J connectivity index is 2.46. The fourth-order valence-corrected chi connectivity index (χ4v) is 2.27. The van der Waals surface area contributed by atoms with Crippen LogP contribution in [0.4, 0.5) is 8.78 Å². The van der Waals surface area contributed by atoms with Crippen LogP contribution < -0.4 is 0 Å². The summed E-state index contributed by atoms with van der Waals surface area (Å²) in [5.74, 6) is -1.46. The van der Waals surface area contributed by atoms with Crippen LogP contribution in [0, 0.1) is 11.6 Å². The minimum atomic E-state index is -1.46. The zero-order chi connectivity index (χ0) is 15.8. The maximum Gasteiger partial charge on any atom is 0.144 e.